The first kappa shape index (κ1) is 18.1. The Kier molecular flexibility index (Phi) is 6.98. The van der Waals surface area contributed by atoms with Gasteiger partial charge in [0.1, 0.15) is 5.60 Å². The second kappa shape index (κ2) is 8.48. The number of carbonyl (C=O) groups excluding carboxylic acids is 1. The van der Waals surface area contributed by atoms with Gasteiger partial charge in [-0.05, 0) is 44.2 Å². The average molecular weight is 321 g/mol. The summed E-state index contributed by atoms with van der Waals surface area (Å²) in [6.07, 6.45) is 2.80. The van der Waals surface area contributed by atoms with E-state index in [0.717, 1.165) is 17.0 Å². The summed E-state index contributed by atoms with van der Waals surface area (Å²) in [4.78, 5) is 11.6. The van der Waals surface area contributed by atoms with Crippen LogP contribution in [-0.4, -0.2) is 22.6 Å². The summed E-state index contributed by atoms with van der Waals surface area (Å²) in [5.74, 6) is 0.837. The van der Waals surface area contributed by atoms with Crippen LogP contribution in [0.3, 0.4) is 0 Å². The van der Waals surface area contributed by atoms with Crippen LogP contribution >= 0.6 is 11.8 Å². The third-order valence-corrected chi connectivity index (χ3v) is 3.04. The van der Waals surface area contributed by atoms with Crippen molar-refractivity contribution >= 4 is 34.8 Å². The van der Waals surface area contributed by atoms with Gasteiger partial charge >= 0.3 is 6.09 Å². The van der Waals surface area contributed by atoms with Crippen molar-refractivity contribution in [3.63, 3.8) is 0 Å². The number of carbonyl (C=O) groups is 1. The number of para-hydroxylation sites is 1. The summed E-state index contributed by atoms with van der Waals surface area (Å²) in [5, 5.41) is 13.8. The molecule has 1 aromatic carbocycles. The number of anilines is 1. The van der Waals surface area contributed by atoms with Crippen molar-refractivity contribution in [2.45, 2.75) is 33.3 Å². The summed E-state index contributed by atoms with van der Waals surface area (Å²) >= 11 is 1.43. The van der Waals surface area contributed by atoms with Gasteiger partial charge in [-0.2, -0.15) is 0 Å². The van der Waals surface area contributed by atoms with Crippen molar-refractivity contribution in [3.05, 3.63) is 36.0 Å². The smallest absolute Gasteiger partial charge is 0.411 e. The highest BCUT2D eigenvalue weighted by Gasteiger charge is 2.14. The van der Waals surface area contributed by atoms with Crippen LogP contribution in [0, 0.1) is 5.41 Å². The zero-order valence-corrected chi connectivity index (χ0v) is 14.2. The molecule has 1 rings (SSSR count). The molecule has 0 radical (unpaired) electrons. The number of ether oxygens (including phenoxy) is 1. The van der Waals surface area contributed by atoms with Crippen LogP contribution in [0.2, 0.25) is 0 Å². The van der Waals surface area contributed by atoms with Gasteiger partial charge in [-0.15, -0.1) is 0 Å². The molecule has 0 aliphatic rings. The van der Waals surface area contributed by atoms with E-state index in [-0.39, 0.29) is 0 Å². The molecule has 0 aromatic heterocycles. The molecule has 6 heteroatoms. The molecule has 0 heterocycles. The lowest BCUT2D eigenvalue weighted by Gasteiger charge is -2.18. The SMILES string of the molecule is CCSC(=N)Nc1ccccc1C=CNC(=O)OC(C)(C)C. The molecule has 0 bridgehead atoms. The first-order valence-electron chi connectivity index (χ1n) is 7.05. The summed E-state index contributed by atoms with van der Waals surface area (Å²) in [7, 11) is 0. The van der Waals surface area contributed by atoms with E-state index in [1.807, 2.05) is 52.0 Å². The maximum Gasteiger partial charge on any atom is 0.411 e. The van der Waals surface area contributed by atoms with Crippen molar-refractivity contribution in [2.75, 3.05) is 11.1 Å². The topological polar surface area (TPSA) is 74.2 Å². The van der Waals surface area contributed by atoms with E-state index < -0.39 is 11.7 Å². The molecule has 0 aliphatic carbocycles. The summed E-state index contributed by atoms with van der Waals surface area (Å²) in [6, 6.07) is 7.58. The van der Waals surface area contributed by atoms with Gasteiger partial charge in [0.15, 0.2) is 5.17 Å². The molecule has 0 unspecified atom stereocenters. The molecule has 0 saturated carbocycles. The molecule has 0 aliphatic heterocycles. The fourth-order valence-electron chi connectivity index (χ4n) is 1.57. The third kappa shape index (κ3) is 7.17. The molecule has 22 heavy (non-hydrogen) atoms. The quantitative estimate of drug-likeness (QED) is 0.571. The summed E-state index contributed by atoms with van der Waals surface area (Å²) in [5.41, 5.74) is 1.17. The molecular weight excluding hydrogens is 298 g/mol. The van der Waals surface area contributed by atoms with E-state index in [1.54, 1.807) is 6.08 Å². The van der Waals surface area contributed by atoms with Gasteiger partial charge in [0.25, 0.3) is 0 Å². The molecular formula is C16H23N3O2S. The summed E-state index contributed by atoms with van der Waals surface area (Å²) in [6.45, 7) is 7.43. The molecule has 0 spiro atoms. The van der Waals surface area contributed by atoms with E-state index in [0.29, 0.717) is 5.17 Å². The van der Waals surface area contributed by atoms with E-state index in [9.17, 15) is 4.79 Å². The zero-order valence-electron chi connectivity index (χ0n) is 13.4. The molecule has 0 atom stereocenters. The number of nitrogens with one attached hydrogen (secondary N) is 3. The fraction of sp³-hybridized carbons (Fsp3) is 0.375. The Morgan fingerprint density at radius 1 is 1.36 bits per heavy atom. The fourth-order valence-corrected chi connectivity index (χ4v) is 2.04. The molecule has 120 valence electrons. The zero-order chi connectivity index (χ0) is 16.6. The van der Waals surface area contributed by atoms with Gasteiger partial charge < -0.3 is 10.1 Å². The summed E-state index contributed by atoms with van der Waals surface area (Å²) < 4.78 is 5.15. The standard InChI is InChI=1S/C16H23N3O2S/c1-5-22-14(17)19-13-9-7-6-8-12(13)10-11-18-15(20)21-16(2,3)4/h6-11H,5H2,1-4H3,(H2,17,19)(H,18,20). The van der Waals surface area contributed by atoms with E-state index in [4.69, 9.17) is 10.1 Å². The van der Waals surface area contributed by atoms with E-state index in [2.05, 4.69) is 10.6 Å². The normalized spacial score (nSPS) is 11.3. The van der Waals surface area contributed by atoms with Crippen LogP contribution < -0.4 is 10.6 Å². The van der Waals surface area contributed by atoms with E-state index >= 15 is 0 Å². The predicted octanol–water partition coefficient (Wildman–Crippen LogP) is 4.28. The Labute approximate surface area is 136 Å². The second-order valence-corrected chi connectivity index (χ2v) is 6.73. The van der Waals surface area contributed by atoms with Crippen molar-refractivity contribution in [1.29, 1.82) is 5.41 Å². The molecule has 1 amide bonds. The minimum atomic E-state index is -0.524. The highest BCUT2D eigenvalue weighted by molar-refractivity contribution is 8.14. The van der Waals surface area contributed by atoms with Gasteiger partial charge in [0.05, 0.1) is 0 Å². The lowest BCUT2D eigenvalue weighted by molar-refractivity contribution is 0.0553. The number of hydrogen-bond acceptors (Lipinski definition) is 4. The first-order chi connectivity index (χ1) is 10.3. The van der Waals surface area contributed by atoms with Gasteiger partial charge in [-0.1, -0.05) is 36.9 Å². The first-order valence-corrected chi connectivity index (χ1v) is 8.04. The minimum absolute atomic E-state index is 0.392. The number of alkyl carbamates (subject to hydrolysis) is 1. The third-order valence-electron chi connectivity index (χ3n) is 2.36. The van der Waals surface area contributed by atoms with Crippen LogP contribution in [-0.2, 0) is 4.74 Å². The molecule has 3 N–H and O–H groups in total. The Morgan fingerprint density at radius 3 is 2.68 bits per heavy atom. The van der Waals surface area contributed by atoms with Crippen LogP contribution in [0.4, 0.5) is 10.5 Å². The largest absolute Gasteiger partial charge is 0.444 e. The number of amides is 1. The van der Waals surface area contributed by atoms with Gasteiger partial charge in [0, 0.05) is 11.9 Å². The van der Waals surface area contributed by atoms with Crippen molar-refractivity contribution in [2.24, 2.45) is 0 Å². The van der Waals surface area contributed by atoms with Crippen LogP contribution in [0.1, 0.15) is 33.3 Å². The number of benzene rings is 1. The Balaban J connectivity index is 2.67. The molecule has 0 fully saturated rings. The van der Waals surface area contributed by atoms with Crippen LogP contribution in [0.15, 0.2) is 30.5 Å². The predicted molar refractivity (Wildman–Crippen MR) is 94.3 cm³/mol. The van der Waals surface area contributed by atoms with Gasteiger partial charge in [0.2, 0.25) is 0 Å². The number of thioether (sulfide) groups is 1. The maximum atomic E-state index is 11.6. The van der Waals surface area contributed by atoms with Crippen molar-refractivity contribution < 1.29 is 9.53 Å². The molecule has 0 saturated heterocycles. The maximum absolute atomic E-state index is 11.6. The average Bonchev–Trinajstić information content (AvgIpc) is 2.39. The van der Waals surface area contributed by atoms with Gasteiger partial charge in [-0.3, -0.25) is 10.7 Å². The minimum Gasteiger partial charge on any atom is -0.444 e. The number of amidine groups is 1. The van der Waals surface area contributed by atoms with Crippen LogP contribution in [0.5, 0.6) is 0 Å². The van der Waals surface area contributed by atoms with Crippen molar-refractivity contribution in [1.82, 2.24) is 5.32 Å². The van der Waals surface area contributed by atoms with E-state index in [1.165, 1.54) is 18.0 Å². The number of hydrogen-bond donors (Lipinski definition) is 3. The Morgan fingerprint density at radius 2 is 2.05 bits per heavy atom. The Hall–Kier alpha value is -1.95. The number of rotatable bonds is 4. The molecule has 5 nitrogen and oxygen atoms in total. The monoisotopic (exact) mass is 321 g/mol. The van der Waals surface area contributed by atoms with Crippen LogP contribution in [0.25, 0.3) is 6.08 Å². The highest BCUT2D eigenvalue weighted by Crippen LogP contribution is 2.18. The second-order valence-electron chi connectivity index (χ2n) is 5.45. The lowest BCUT2D eigenvalue weighted by atomic mass is 10.2. The lowest BCUT2D eigenvalue weighted by Crippen LogP contribution is -2.29. The Bertz CT molecular complexity index is 551. The molecule has 1 aromatic rings. The van der Waals surface area contributed by atoms with Crippen molar-refractivity contribution in [3.8, 4) is 0 Å². The van der Waals surface area contributed by atoms with Gasteiger partial charge in [-0.25, -0.2) is 4.79 Å². The highest BCUT2D eigenvalue weighted by atomic mass is 32.2.